The van der Waals surface area contributed by atoms with Crippen molar-refractivity contribution in [1.29, 1.82) is 0 Å². The Morgan fingerprint density at radius 1 is 1.22 bits per heavy atom. The van der Waals surface area contributed by atoms with Gasteiger partial charge in [0.05, 0.1) is 15.4 Å². The Labute approximate surface area is 147 Å². The minimum absolute atomic E-state index is 0.126. The van der Waals surface area contributed by atoms with Crippen molar-refractivity contribution in [2.24, 2.45) is 16.4 Å². The highest BCUT2D eigenvalue weighted by atomic mass is 79.9. The molecule has 1 N–H and O–H groups in total. The lowest BCUT2D eigenvalue weighted by molar-refractivity contribution is 0.211. The summed E-state index contributed by atoms with van der Waals surface area (Å²) in [7, 11) is -3.60. The van der Waals surface area contributed by atoms with Crippen LogP contribution in [0.2, 0.25) is 0 Å². The second kappa shape index (κ2) is 6.93. The van der Waals surface area contributed by atoms with Gasteiger partial charge in [0.15, 0.2) is 0 Å². The van der Waals surface area contributed by atoms with Crippen LogP contribution in [-0.2, 0) is 10.0 Å². The van der Waals surface area contributed by atoms with Gasteiger partial charge in [-0.1, -0.05) is 54.4 Å². The Morgan fingerprint density at radius 2 is 1.83 bits per heavy atom. The zero-order valence-corrected chi connectivity index (χ0v) is 16.5. The van der Waals surface area contributed by atoms with Gasteiger partial charge in [0, 0.05) is 0 Å². The highest BCUT2D eigenvalue weighted by Gasteiger charge is 2.33. The summed E-state index contributed by atoms with van der Waals surface area (Å²) < 4.78 is 24.6. The van der Waals surface area contributed by atoms with Crippen LogP contribution in [0.1, 0.15) is 45.6 Å². The van der Waals surface area contributed by atoms with Gasteiger partial charge in [-0.25, -0.2) is 4.83 Å². The van der Waals surface area contributed by atoms with Gasteiger partial charge in [0.25, 0.3) is 10.0 Å². The normalized spacial score (nSPS) is 24.7. The lowest BCUT2D eigenvalue weighted by Crippen LogP contribution is -2.34. The molecule has 2 rings (SSSR count). The van der Waals surface area contributed by atoms with Gasteiger partial charge < -0.3 is 0 Å². The summed E-state index contributed by atoms with van der Waals surface area (Å²) in [5.74, 6) is 0.611. The molecule has 0 amide bonds. The lowest BCUT2D eigenvalue weighted by atomic mass is 9.72. The Morgan fingerprint density at radius 3 is 2.35 bits per heavy atom. The molecule has 0 heterocycles. The van der Waals surface area contributed by atoms with E-state index in [0.717, 1.165) is 30.5 Å². The molecule has 2 atom stereocenters. The Bertz CT molecular complexity index is 676. The van der Waals surface area contributed by atoms with E-state index in [2.05, 4.69) is 46.6 Å². The number of sulfonamides is 1. The number of hydrazone groups is 1. The molecule has 128 valence electrons. The van der Waals surface area contributed by atoms with Gasteiger partial charge in [-0.3, -0.25) is 0 Å². The van der Waals surface area contributed by atoms with E-state index >= 15 is 0 Å². The van der Waals surface area contributed by atoms with Gasteiger partial charge in [-0.05, 0) is 49.7 Å². The minimum atomic E-state index is -3.60. The molecular formula is C17H25BrN2O2S. The number of nitrogens with zero attached hydrogens (tertiary/aromatic N) is 1. The van der Waals surface area contributed by atoms with Crippen molar-refractivity contribution in [3.63, 3.8) is 0 Å². The molecule has 1 aromatic carbocycles. The van der Waals surface area contributed by atoms with E-state index < -0.39 is 10.0 Å². The zero-order valence-electron chi connectivity index (χ0n) is 14.1. The predicted molar refractivity (Wildman–Crippen MR) is 98.4 cm³/mol. The van der Waals surface area contributed by atoms with Crippen LogP contribution < -0.4 is 4.83 Å². The molecule has 23 heavy (non-hydrogen) atoms. The highest BCUT2D eigenvalue weighted by molar-refractivity contribution is 9.10. The summed E-state index contributed by atoms with van der Waals surface area (Å²) in [6.45, 7) is 8.67. The smallest absolute Gasteiger partial charge is 0.200 e. The van der Waals surface area contributed by atoms with Crippen LogP contribution in [0.15, 0.2) is 34.3 Å². The number of rotatable bonds is 3. The first-order chi connectivity index (χ1) is 10.6. The van der Waals surface area contributed by atoms with Crippen LogP contribution in [0.25, 0.3) is 0 Å². The Balaban J connectivity index is 2.07. The maximum absolute atomic E-state index is 12.3. The van der Waals surface area contributed by atoms with E-state index in [1.54, 1.807) is 24.3 Å². The number of aryl methyl sites for hydroxylation is 1. The summed E-state index contributed by atoms with van der Waals surface area (Å²) in [4.78, 5) is 2.74. The summed E-state index contributed by atoms with van der Waals surface area (Å²) in [5, 5.41) is 4.18. The van der Waals surface area contributed by atoms with E-state index in [0.29, 0.717) is 5.92 Å². The van der Waals surface area contributed by atoms with Crippen LogP contribution in [0.3, 0.4) is 0 Å². The molecule has 0 radical (unpaired) electrons. The maximum Gasteiger partial charge on any atom is 0.276 e. The summed E-state index contributed by atoms with van der Waals surface area (Å²) in [6.07, 6.45) is 2.83. The van der Waals surface area contributed by atoms with E-state index in [9.17, 15) is 8.42 Å². The molecule has 1 saturated carbocycles. The SMILES string of the molecule is Cc1ccc(S(=O)(=O)N/N=C2/CC[C@H](C(C)(C)C)C[C@@H]2Br)cc1. The molecule has 1 aliphatic carbocycles. The van der Waals surface area contributed by atoms with Crippen molar-refractivity contribution in [3.8, 4) is 0 Å². The molecule has 1 aromatic rings. The monoisotopic (exact) mass is 400 g/mol. The molecule has 0 bridgehead atoms. The van der Waals surface area contributed by atoms with E-state index in [1.807, 2.05) is 6.92 Å². The van der Waals surface area contributed by atoms with Gasteiger partial charge in [-0.2, -0.15) is 13.5 Å². The van der Waals surface area contributed by atoms with Crippen LogP contribution >= 0.6 is 15.9 Å². The van der Waals surface area contributed by atoms with E-state index in [4.69, 9.17) is 0 Å². The van der Waals surface area contributed by atoms with Gasteiger partial charge in [-0.15, -0.1) is 0 Å². The fourth-order valence-electron chi connectivity index (χ4n) is 2.78. The number of hydrogen-bond acceptors (Lipinski definition) is 3. The molecule has 0 spiro atoms. The highest BCUT2D eigenvalue weighted by Crippen LogP contribution is 2.39. The van der Waals surface area contributed by atoms with Gasteiger partial charge >= 0.3 is 0 Å². The topological polar surface area (TPSA) is 58.5 Å². The zero-order chi connectivity index (χ0) is 17.3. The average molecular weight is 401 g/mol. The third-order valence-electron chi connectivity index (χ3n) is 4.47. The number of nitrogens with one attached hydrogen (secondary N) is 1. The number of hydrogen-bond donors (Lipinski definition) is 1. The van der Waals surface area contributed by atoms with Crippen LogP contribution in [0, 0.1) is 18.3 Å². The van der Waals surface area contributed by atoms with Crippen molar-refractivity contribution in [2.45, 2.75) is 56.7 Å². The van der Waals surface area contributed by atoms with Gasteiger partial charge in [0.2, 0.25) is 0 Å². The number of halogens is 1. The van der Waals surface area contributed by atoms with E-state index in [1.165, 1.54) is 0 Å². The molecule has 0 aliphatic heterocycles. The molecule has 6 heteroatoms. The fourth-order valence-corrected chi connectivity index (χ4v) is 4.40. The molecule has 0 unspecified atom stereocenters. The first-order valence-electron chi connectivity index (χ1n) is 7.88. The predicted octanol–water partition coefficient (Wildman–Crippen LogP) is 4.24. The van der Waals surface area contributed by atoms with Crippen molar-refractivity contribution in [3.05, 3.63) is 29.8 Å². The summed E-state index contributed by atoms with van der Waals surface area (Å²) in [6, 6.07) is 6.76. The Kier molecular flexibility index (Phi) is 5.56. The first-order valence-corrected chi connectivity index (χ1v) is 10.3. The number of alkyl halides is 1. The fraction of sp³-hybridized carbons (Fsp3) is 0.588. The number of benzene rings is 1. The minimum Gasteiger partial charge on any atom is -0.200 e. The molecule has 1 fully saturated rings. The van der Waals surface area contributed by atoms with Crippen LogP contribution in [0.4, 0.5) is 0 Å². The quantitative estimate of drug-likeness (QED) is 0.609. The molecule has 4 nitrogen and oxygen atoms in total. The third-order valence-corrected chi connectivity index (χ3v) is 6.59. The first kappa shape index (κ1) is 18.5. The van der Waals surface area contributed by atoms with Crippen molar-refractivity contribution < 1.29 is 8.42 Å². The second-order valence-electron chi connectivity index (χ2n) is 7.32. The van der Waals surface area contributed by atoms with Crippen LogP contribution in [-0.4, -0.2) is 19.0 Å². The third kappa shape index (κ3) is 4.80. The molecule has 1 aliphatic rings. The Hall–Kier alpha value is -0.880. The average Bonchev–Trinajstić information content (AvgIpc) is 2.45. The molecule has 0 aromatic heterocycles. The largest absolute Gasteiger partial charge is 0.276 e. The molecule has 0 saturated heterocycles. The van der Waals surface area contributed by atoms with E-state index in [-0.39, 0.29) is 15.1 Å². The second-order valence-corrected chi connectivity index (χ2v) is 10.1. The van der Waals surface area contributed by atoms with Crippen molar-refractivity contribution >= 4 is 31.7 Å². The summed E-state index contributed by atoms with van der Waals surface area (Å²) in [5.41, 5.74) is 2.16. The summed E-state index contributed by atoms with van der Waals surface area (Å²) >= 11 is 3.66. The lowest BCUT2D eigenvalue weighted by Gasteiger charge is -2.36. The van der Waals surface area contributed by atoms with Crippen molar-refractivity contribution in [1.82, 2.24) is 4.83 Å². The maximum atomic E-state index is 12.3. The standard InChI is InChI=1S/C17H25BrN2O2S/c1-12-5-8-14(9-6-12)23(21,22)20-19-16-10-7-13(11-15(16)18)17(2,3)4/h5-6,8-9,13,15,20H,7,10-11H2,1-4H3/b19-16-/t13-,15-/m0/s1. The van der Waals surface area contributed by atoms with Crippen LogP contribution in [0.5, 0.6) is 0 Å². The van der Waals surface area contributed by atoms with Gasteiger partial charge in [0.1, 0.15) is 0 Å². The van der Waals surface area contributed by atoms with Crippen molar-refractivity contribution in [2.75, 3.05) is 0 Å². The molecular weight excluding hydrogens is 376 g/mol.